The summed E-state index contributed by atoms with van der Waals surface area (Å²) < 4.78 is 17.5. The molecule has 0 aliphatic carbocycles. The third-order valence-electron chi connectivity index (χ3n) is 3.60. The fourth-order valence-corrected chi connectivity index (χ4v) is 3.09. The van der Waals surface area contributed by atoms with Crippen molar-refractivity contribution in [3.05, 3.63) is 22.2 Å². The van der Waals surface area contributed by atoms with Crippen molar-refractivity contribution < 1.29 is 14.2 Å². The molecule has 0 bridgehead atoms. The maximum Gasteiger partial charge on any atom is 0.187 e. The smallest absolute Gasteiger partial charge is 0.187 e. The van der Waals surface area contributed by atoms with E-state index < -0.39 is 0 Å². The van der Waals surface area contributed by atoms with Crippen LogP contribution in [0.4, 0.5) is 0 Å². The second-order valence-electron chi connectivity index (χ2n) is 5.60. The Balaban J connectivity index is 1.88. The van der Waals surface area contributed by atoms with Gasteiger partial charge in [0.2, 0.25) is 0 Å². The van der Waals surface area contributed by atoms with E-state index in [9.17, 15) is 0 Å². The van der Waals surface area contributed by atoms with Gasteiger partial charge in [0.25, 0.3) is 0 Å². The number of rotatable bonds is 8. The third kappa shape index (κ3) is 6.45. The Kier molecular flexibility index (Phi) is 8.43. The summed E-state index contributed by atoms with van der Waals surface area (Å²) in [7, 11) is 1.61. The molecule has 6 nitrogen and oxygen atoms in total. The summed E-state index contributed by atoms with van der Waals surface area (Å²) >= 11 is 8.71. The molecule has 1 aliphatic heterocycles. The first-order valence-corrected chi connectivity index (χ1v) is 9.53. The molecule has 2 N–H and O–H groups in total. The van der Waals surface area contributed by atoms with E-state index >= 15 is 0 Å². The highest BCUT2D eigenvalue weighted by atomic mass is 79.9. The predicted octanol–water partition coefficient (Wildman–Crippen LogP) is 3.22. The monoisotopic (exact) mass is 429 g/mol. The van der Waals surface area contributed by atoms with Crippen LogP contribution in [0.15, 0.2) is 21.7 Å². The zero-order valence-corrected chi connectivity index (χ0v) is 16.9. The van der Waals surface area contributed by atoms with Gasteiger partial charge >= 0.3 is 0 Å². The van der Waals surface area contributed by atoms with Crippen molar-refractivity contribution in [2.24, 2.45) is 5.10 Å². The van der Waals surface area contributed by atoms with E-state index in [0.717, 1.165) is 35.9 Å². The van der Waals surface area contributed by atoms with Crippen LogP contribution >= 0.6 is 28.1 Å². The van der Waals surface area contributed by atoms with Gasteiger partial charge in [-0.3, -0.25) is 5.43 Å². The minimum Gasteiger partial charge on any atom is -0.493 e. The van der Waals surface area contributed by atoms with Gasteiger partial charge in [0.15, 0.2) is 16.6 Å². The number of nitrogens with zero attached hydrogens (tertiary/aromatic N) is 1. The molecular formula is C17H24BrN3O3S. The highest BCUT2D eigenvalue weighted by Gasteiger charge is 2.15. The molecule has 1 aliphatic rings. The van der Waals surface area contributed by atoms with E-state index in [0.29, 0.717) is 29.8 Å². The molecule has 1 heterocycles. The second-order valence-corrected chi connectivity index (χ2v) is 6.86. The topological polar surface area (TPSA) is 64.1 Å². The van der Waals surface area contributed by atoms with Crippen LogP contribution in [0.25, 0.3) is 0 Å². The van der Waals surface area contributed by atoms with Crippen LogP contribution < -0.4 is 20.2 Å². The second kappa shape index (κ2) is 10.6. The van der Waals surface area contributed by atoms with Crippen LogP contribution in [0.1, 0.15) is 31.7 Å². The van der Waals surface area contributed by atoms with Gasteiger partial charge in [0, 0.05) is 13.2 Å². The normalized spacial score (nSPS) is 16.8. The molecule has 1 atom stereocenters. The summed E-state index contributed by atoms with van der Waals surface area (Å²) in [6, 6.07) is 3.78. The lowest BCUT2D eigenvalue weighted by molar-refractivity contribution is 0.114. The summed E-state index contributed by atoms with van der Waals surface area (Å²) in [5, 5.41) is 7.74. The van der Waals surface area contributed by atoms with E-state index in [-0.39, 0.29) is 6.10 Å². The zero-order valence-electron chi connectivity index (χ0n) is 14.5. The van der Waals surface area contributed by atoms with Crippen LogP contribution in [-0.4, -0.2) is 44.3 Å². The summed E-state index contributed by atoms with van der Waals surface area (Å²) in [6.07, 6.45) is 5.02. The van der Waals surface area contributed by atoms with Gasteiger partial charge in [0.05, 0.1) is 30.5 Å². The van der Waals surface area contributed by atoms with Crippen LogP contribution in [0, 0.1) is 0 Å². The Morgan fingerprint density at radius 3 is 3.04 bits per heavy atom. The first-order valence-electron chi connectivity index (χ1n) is 8.32. The molecule has 1 aromatic rings. The van der Waals surface area contributed by atoms with Gasteiger partial charge in [0.1, 0.15) is 0 Å². The number of hydrogen-bond acceptors (Lipinski definition) is 5. The fourth-order valence-electron chi connectivity index (χ4n) is 2.38. The zero-order chi connectivity index (χ0) is 18.1. The van der Waals surface area contributed by atoms with Crippen LogP contribution in [-0.2, 0) is 4.74 Å². The van der Waals surface area contributed by atoms with Gasteiger partial charge in [-0.1, -0.05) is 6.92 Å². The molecule has 1 aromatic carbocycles. The van der Waals surface area contributed by atoms with Crippen molar-refractivity contribution in [1.82, 2.24) is 10.7 Å². The molecule has 0 spiro atoms. The molecule has 0 saturated carbocycles. The van der Waals surface area contributed by atoms with Gasteiger partial charge in [-0.2, -0.15) is 5.10 Å². The van der Waals surface area contributed by atoms with Gasteiger partial charge in [-0.25, -0.2) is 0 Å². The van der Waals surface area contributed by atoms with E-state index in [1.54, 1.807) is 13.3 Å². The van der Waals surface area contributed by atoms with Crippen molar-refractivity contribution >= 4 is 39.5 Å². The van der Waals surface area contributed by atoms with Crippen molar-refractivity contribution in [3.63, 3.8) is 0 Å². The lowest BCUT2D eigenvalue weighted by Gasteiger charge is -2.13. The number of nitrogens with one attached hydrogen (secondary N) is 2. The predicted molar refractivity (Wildman–Crippen MR) is 107 cm³/mol. The standard InChI is InChI=1S/C17H24BrN3O3S/c1-3-6-24-16-14(18)8-12(9-15(16)22-2)10-20-21-17(25)19-11-13-5-4-7-23-13/h8-10,13H,3-7,11H2,1-2H3,(H2,19,21,25). The van der Waals surface area contributed by atoms with E-state index in [1.807, 2.05) is 12.1 Å². The summed E-state index contributed by atoms with van der Waals surface area (Å²) in [6.45, 7) is 4.22. The average molecular weight is 430 g/mol. The van der Waals surface area contributed by atoms with Crippen LogP contribution in [0.5, 0.6) is 11.5 Å². The van der Waals surface area contributed by atoms with Crippen LogP contribution in [0.3, 0.4) is 0 Å². The first-order chi connectivity index (χ1) is 12.1. The molecule has 0 aromatic heterocycles. The highest BCUT2D eigenvalue weighted by molar-refractivity contribution is 9.10. The molecule has 0 amide bonds. The molecule has 1 fully saturated rings. The molecular weight excluding hydrogens is 406 g/mol. The summed E-state index contributed by atoms with van der Waals surface area (Å²) in [5.41, 5.74) is 3.67. The quantitative estimate of drug-likeness (QED) is 0.375. The molecule has 8 heteroatoms. The number of methoxy groups -OCH3 is 1. The molecule has 25 heavy (non-hydrogen) atoms. The Labute approximate surface area is 162 Å². The summed E-state index contributed by atoms with van der Waals surface area (Å²) in [5.74, 6) is 1.35. The SMILES string of the molecule is CCCOc1c(Br)cc(C=NNC(=S)NCC2CCCO2)cc1OC. The van der Waals surface area contributed by atoms with Crippen molar-refractivity contribution in [3.8, 4) is 11.5 Å². The van der Waals surface area contributed by atoms with E-state index in [1.165, 1.54) is 0 Å². The van der Waals surface area contributed by atoms with Gasteiger partial charge in [-0.15, -0.1) is 0 Å². The number of thiocarbonyl (C=S) groups is 1. The minimum absolute atomic E-state index is 0.236. The van der Waals surface area contributed by atoms with E-state index in [4.69, 9.17) is 26.4 Å². The molecule has 1 saturated heterocycles. The maximum absolute atomic E-state index is 5.71. The molecule has 138 valence electrons. The van der Waals surface area contributed by atoms with Gasteiger partial charge < -0.3 is 19.5 Å². The third-order valence-corrected chi connectivity index (χ3v) is 4.42. The minimum atomic E-state index is 0.236. The molecule has 1 unspecified atom stereocenters. The van der Waals surface area contributed by atoms with Crippen molar-refractivity contribution in [1.29, 1.82) is 0 Å². The summed E-state index contributed by atoms with van der Waals surface area (Å²) in [4.78, 5) is 0. The number of halogens is 1. The van der Waals surface area contributed by atoms with Crippen molar-refractivity contribution in [2.75, 3.05) is 26.9 Å². The Bertz CT molecular complexity index is 607. The molecule has 2 rings (SSSR count). The largest absolute Gasteiger partial charge is 0.493 e. The number of hydrazone groups is 1. The Morgan fingerprint density at radius 1 is 1.52 bits per heavy atom. The lowest BCUT2D eigenvalue weighted by atomic mass is 10.2. The Hall–Kier alpha value is -1.38. The first kappa shape index (κ1) is 19.9. The lowest BCUT2D eigenvalue weighted by Crippen LogP contribution is -2.37. The average Bonchev–Trinajstić information content (AvgIpc) is 3.12. The number of benzene rings is 1. The number of hydrogen-bond donors (Lipinski definition) is 2. The van der Waals surface area contributed by atoms with Crippen molar-refractivity contribution in [2.45, 2.75) is 32.3 Å². The maximum atomic E-state index is 5.71. The van der Waals surface area contributed by atoms with Gasteiger partial charge in [-0.05, 0) is 65.1 Å². The highest BCUT2D eigenvalue weighted by Crippen LogP contribution is 2.36. The van der Waals surface area contributed by atoms with E-state index in [2.05, 4.69) is 38.7 Å². The molecule has 0 radical (unpaired) electrons. The number of ether oxygens (including phenoxy) is 3. The van der Waals surface area contributed by atoms with Crippen LogP contribution in [0.2, 0.25) is 0 Å². The Morgan fingerprint density at radius 2 is 2.36 bits per heavy atom. The fraction of sp³-hybridized carbons (Fsp3) is 0.529.